The Balaban J connectivity index is 1.97. The van der Waals surface area contributed by atoms with Gasteiger partial charge in [-0.25, -0.2) is 8.78 Å². The Hall–Kier alpha value is -2.15. The van der Waals surface area contributed by atoms with Crippen molar-refractivity contribution in [3.63, 3.8) is 0 Å². The van der Waals surface area contributed by atoms with E-state index in [9.17, 15) is 17.2 Å². The maximum atomic E-state index is 13.2. The minimum atomic E-state index is -4.30. The molecule has 0 saturated carbocycles. The van der Waals surface area contributed by atoms with Crippen LogP contribution in [0.5, 0.6) is 11.5 Å². The minimum Gasteiger partial charge on any atom is -0.483 e. The molecule has 4 nitrogen and oxygen atoms in total. The van der Waals surface area contributed by atoms with E-state index in [0.29, 0.717) is 18.2 Å². The van der Waals surface area contributed by atoms with Crippen molar-refractivity contribution in [3.05, 3.63) is 53.6 Å². The van der Waals surface area contributed by atoms with Gasteiger partial charge in [0.2, 0.25) is 0 Å². The molecule has 0 bridgehead atoms. The van der Waals surface area contributed by atoms with Crippen molar-refractivity contribution >= 4 is 10.1 Å². The lowest BCUT2D eigenvalue weighted by atomic mass is 10.0. The molecule has 0 radical (unpaired) electrons. The van der Waals surface area contributed by atoms with E-state index in [4.69, 9.17) is 8.92 Å². The fraction of sp³-hybridized carbons (Fsp3) is 0.250. The molecule has 1 heterocycles. The molecule has 1 aliphatic rings. The minimum absolute atomic E-state index is 0.0257. The Bertz CT molecular complexity index is 876. The van der Waals surface area contributed by atoms with Gasteiger partial charge in [0.1, 0.15) is 10.5 Å². The summed E-state index contributed by atoms with van der Waals surface area (Å²) in [5.74, 6) is -2.01. The van der Waals surface area contributed by atoms with Crippen LogP contribution < -0.4 is 8.92 Å². The van der Waals surface area contributed by atoms with Gasteiger partial charge in [-0.15, -0.1) is 0 Å². The molecule has 0 unspecified atom stereocenters. The Morgan fingerprint density at radius 2 is 1.87 bits per heavy atom. The summed E-state index contributed by atoms with van der Waals surface area (Å²) in [6.07, 6.45) is 0.616. The van der Waals surface area contributed by atoms with Gasteiger partial charge in [0.25, 0.3) is 0 Å². The summed E-state index contributed by atoms with van der Waals surface area (Å²) in [5, 5.41) is 0. The maximum absolute atomic E-state index is 13.2. The zero-order valence-corrected chi connectivity index (χ0v) is 13.3. The fourth-order valence-electron chi connectivity index (χ4n) is 2.45. The maximum Gasteiger partial charge on any atom is 0.339 e. The van der Waals surface area contributed by atoms with Crippen LogP contribution in [-0.2, 0) is 16.5 Å². The van der Waals surface area contributed by atoms with Crippen molar-refractivity contribution in [2.24, 2.45) is 0 Å². The highest BCUT2D eigenvalue weighted by atomic mass is 32.2. The lowest BCUT2D eigenvalue weighted by Crippen LogP contribution is -2.24. The van der Waals surface area contributed by atoms with E-state index in [1.54, 1.807) is 6.07 Å². The molecule has 0 fully saturated rings. The second kappa shape index (κ2) is 5.19. The highest BCUT2D eigenvalue weighted by molar-refractivity contribution is 7.87. The topological polar surface area (TPSA) is 52.6 Å². The predicted octanol–water partition coefficient (Wildman–Crippen LogP) is 3.45. The van der Waals surface area contributed by atoms with Gasteiger partial charge in [-0.3, -0.25) is 0 Å². The lowest BCUT2D eigenvalue weighted by Gasteiger charge is -2.18. The predicted molar refractivity (Wildman–Crippen MR) is 79.0 cm³/mol. The molecule has 0 N–H and O–H groups in total. The molecule has 7 heteroatoms. The highest BCUT2D eigenvalue weighted by Crippen LogP contribution is 2.42. The monoisotopic (exact) mass is 340 g/mol. The van der Waals surface area contributed by atoms with Crippen LogP contribution in [-0.4, -0.2) is 14.0 Å². The standard InChI is InChI=1S/C16H14F2O4S/c1-16(2)9-10-4-3-5-14(15(10)21-16)22-23(19,20)11-6-7-12(17)13(18)8-11/h3-8H,9H2,1-2H3. The summed E-state index contributed by atoms with van der Waals surface area (Å²) >= 11 is 0. The third-order valence-electron chi connectivity index (χ3n) is 3.43. The second-order valence-electron chi connectivity index (χ2n) is 5.90. The fourth-order valence-corrected chi connectivity index (χ4v) is 3.40. The smallest absolute Gasteiger partial charge is 0.339 e. The van der Waals surface area contributed by atoms with Crippen molar-refractivity contribution in [2.75, 3.05) is 0 Å². The summed E-state index contributed by atoms with van der Waals surface area (Å²) in [4.78, 5) is -0.466. The van der Waals surface area contributed by atoms with Crippen LogP contribution in [0.15, 0.2) is 41.3 Å². The van der Waals surface area contributed by atoms with Crippen LogP contribution in [0.4, 0.5) is 8.78 Å². The molecule has 0 amide bonds. The summed E-state index contributed by atoms with van der Waals surface area (Å²) < 4.78 is 61.5. The third-order valence-corrected chi connectivity index (χ3v) is 4.66. The van der Waals surface area contributed by atoms with E-state index in [0.717, 1.165) is 17.7 Å². The van der Waals surface area contributed by atoms with E-state index in [2.05, 4.69) is 0 Å². The van der Waals surface area contributed by atoms with Gasteiger partial charge in [0, 0.05) is 12.0 Å². The first-order valence-corrected chi connectivity index (χ1v) is 8.29. The zero-order valence-electron chi connectivity index (χ0n) is 12.5. The first-order chi connectivity index (χ1) is 10.7. The summed E-state index contributed by atoms with van der Waals surface area (Å²) in [7, 11) is -4.30. The number of rotatable bonds is 3. The van der Waals surface area contributed by atoms with Crippen molar-refractivity contribution in [3.8, 4) is 11.5 Å². The molecule has 1 aliphatic heterocycles. The number of fused-ring (bicyclic) bond motifs is 1. The van der Waals surface area contributed by atoms with E-state index in [1.165, 1.54) is 6.07 Å². The number of para-hydroxylation sites is 1. The van der Waals surface area contributed by atoms with Crippen molar-refractivity contribution in [1.29, 1.82) is 0 Å². The Morgan fingerprint density at radius 1 is 1.13 bits per heavy atom. The third kappa shape index (κ3) is 3.01. The van der Waals surface area contributed by atoms with Crippen molar-refractivity contribution < 1.29 is 26.1 Å². The number of benzene rings is 2. The van der Waals surface area contributed by atoms with Crippen LogP contribution in [0.3, 0.4) is 0 Å². The molecule has 0 atom stereocenters. The van der Waals surface area contributed by atoms with E-state index < -0.39 is 32.2 Å². The number of ether oxygens (including phenoxy) is 1. The molecule has 2 aromatic carbocycles. The first-order valence-electron chi connectivity index (χ1n) is 6.88. The lowest BCUT2D eigenvalue weighted by molar-refractivity contribution is 0.136. The molecule has 122 valence electrons. The highest BCUT2D eigenvalue weighted by Gasteiger charge is 2.33. The van der Waals surface area contributed by atoms with Crippen LogP contribution in [0.1, 0.15) is 19.4 Å². The summed E-state index contributed by atoms with van der Waals surface area (Å²) in [6, 6.07) is 7.19. The molecule has 0 spiro atoms. The normalized spacial score (nSPS) is 15.8. The Morgan fingerprint density at radius 3 is 2.57 bits per heavy atom. The molecule has 23 heavy (non-hydrogen) atoms. The molecule has 3 rings (SSSR count). The average molecular weight is 340 g/mol. The van der Waals surface area contributed by atoms with Crippen molar-refractivity contribution in [1.82, 2.24) is 0 Å². The largest absolute Gasteiger partial charge is 0.483 e. The van der Waals surface area contributed by atoms with Gasteiger partial charge in [0.15, 0.2) is 23.1 Å². The van der Waals surface area contributed by atoms with Gasteiger partial charge in [0.05, 0.1) is 0 Å². The molecular formula is C16H14F2O4S. The van der Waals surface area contributed by atoms with Gasteiger partial charge in [-0.1, -0.05) is 12.1 Å². The Kier molecular flexibility index (Phi) is 3.55. The molecule has 0 saturated heterocycles. The van der Waals surface area contributed by atoms with E-state index in [1.807, 2.05) is 19.9 Å². The zero-order chi connectivity index (χ0) is 16.8. The van der Waals surface area contributed by atoms with Crippen LogP contribution >= 0.6 is 0 Å². The van der Waals surface area contributed by atoms with E-state index in [-0.39, 0.29) is 5.75 Å². The number of hydrogen-bond donors (Lipinski definition) is 0. The molecule has 0 aromatic heterocycles. The van der Waals surface area contributed by atoms with Gasteiger partial charge < -0.3 is 8.92 Å². The summed E-state index contributed by atoms with van der Waals surface area (Å²) in [5.41, 5.74) is 0.362. The van der Waals surface area contributed by atoms with Crippen LogP contribution in [0, 0.1) is 11.6 Å². The van der Waals surface area contributed by atoms with Crippen LogP contribution in [0.25, 0.3) is 0 Å². The van der Waals surface area contributed by atoms with Gasteiger partial charge in [-0.2, -0.15) is 8.42 Å². The first kappa shape index (κ1) is 15.7. The number of halogens is 2. The van der Waals surface area contributed by atoms with Crippen LogP contribution in [0.2, 0.25) is 0 Å². The van der Waals surface area contributed by atoms with Gasteiger partial charge in [-0.05, 0) is 38.1 Å². The second-order valence-corrected chi connectivity index (χ2v) is 7.44. The van der Waals surface area contributed by atoms with Crippen molar-refractivity contribution in [2.45, 2.75) is 30.8 Å². The molecular weight excluding hydrogens is 326 g/mol. The number of hydrogen-bond acceptors (Lipinski definition) is 4. The SMILES string of the molecule is CC1(C)Cc2cccc(OS(=O)(=O)c3ccc(F)c(F)c3)c2O1. The Labute approximate surface area is 132 Å². The molecule has 0 aliphatic carbocycles. The summed E-state index contributed by atoms with van der Waals surface area (Å²) in [6.45, 7) is 3.75. The molecule has 2 aromatic rings. The van der Waals surface area contributed by atoms with E-state index >= 15 is 0 Å². The average Bonchev–Trinajstić information content (AvgIpc) is 2.76. The van der Waals surface area contributed by atoms with Gasteiger partial charge >= 0.3 is 10.1 Å². The quantitative estimate of drug-likeness (QED) is 0.803.